The van der Waals surface area contributed by atoms with Crippen LogP contribution in [0.25, 0.3) is 0 Å². The van der Waals surface area contributed by atoms with Gasteiger partial charge in [0.25, 0.3) is 0 Å². The molecule has 1 aromatic carbocycles. The molecule has 2 aromatic rings. The van der Waals surface area contributed by atoms with Gasteiger partial charge < -0.3 is 9.84 Å². The zero-order valence-corrected chi connectivity index (χ0v) is 12.3. The van der Waals surface area contributed by atoms with E-state index in [0.29, 0.717) is 17.2 Å². The summed E-state index contributed by atoms with van der Waals surface area (Å²) in [5.74, 6) is -0.408. The van der Waals surface area contributed by atoms with E-state index < -0.39 is 5.97 Å². The molecule has 0 bridgehead atoms. The van der Waals surface area contributed by atoms with E-state index in [1.165, 1.54) is 16.9 Å². The maximum atomic E-state index is 11.2. The van der Waals surface area contributed by atoms with Crippen molar-refractivity contribution in [1.82, 2.24) is 0 Å². The van der Waals surface area contributed by atoms with Crippen molar-refractivity contribution in [3.63, 3.8) is 0 Å². The molecule has 0 unspecified atom stereocenters. The van der Waals surface area contributed by atoms with Crippen molar-refractivity contribution in [3.05, 3.63) is 51.7 Å². The zero-order chi connectivity index (χ0) is 14.4. The van der Waals surface area contributed by atoms with Gasteiger partial charge in [-0.2, -0.15) is 0 Å². The van der Waals surface area contributed by atoms with Crippen molar-refractivity contribution in [2.24, 2.45) is 0 Å². The van der Waals surface area contributed by atoms with Crippen LogP contribution in [0.15, 0.2) is 36.4 Å². The molecule has 0 radical (unpaired) electrons. The number of carbonyl (C=O) groups is 1. The van der Waals surface area contributed by atoms with Gasteiger partial charge in [0.05, 0.1) is 6.61 Å². The van der Waals surface area contributed by atoms with Crippen LogP contribution < -0.4 is 4.74 Å². The molecule has 0 atom stereocenters. The highest BCUT2D eigenvalue weighted by Crippen LogP contribution is 2.30. The fourth-order valence-corrected chi connectivity index (χ4v) is 3.01. The van der Waals surface area contributed by atoms with Gasteiger partial charge in [-0.25, -0.2) is 4.79 Å². The zero-order valence-electron chi connectivity index (χ0n) is 11.5. The lowest BCUT2D eigenvalue weighted by Crippen LogP contribution is -2.03. The van der Waals surface area contributed by atoms with Crippen molar-refractivity contribution < 1.29 is 14.6 Å². The normalized spacial score (nSPS) is 10.4. The number of hydrogen-bond acceptors (Lipinski definition) is 3. The fourth-order valence-electron chi connectivity index (χ4n) is 1.97. The molecule has 20 heavy (non-hydrogen) atoms. The molecule has 0 aliphatic carbocycles. The highest BCUT2D eigenvalue weighted by molar-refractivity contribution is 7.14. The first-order chi connectivity index (χ1) is 9.70. The van der Waals surface area contributed by atoms with Crippen LogP contribution >= 0.6 is 11.3 Å². The number of benzene rings is 1. The van der Waals surface area contributed by atoms with Crippen LogP contribution in [0.5, 0.6) is 5.75 Å². The summed E-state index contributed by atoms with van der Waals surface area (Å²) in [6, 6.07) is 11.9. The van der Waals surface area contributed by atoms with Gasteiger partial charge >= 0.3 is 5.97 Å². The lowest BCUT2D eigenvalue weighted by molar-refractivity contribution is 0.0698. The van der Waals surface area contributed by atoms with E-state index in [0.717, 1.165) is 24.1 Å². The lowest BCUT2D eigenvalue weighted by atomic mass is 10.2. The summed E-state index contributed by atoms with van der Waals surface area (Å²) in [5, 5.41) is 9.19. The Labute approximate surface area is 122 Å². The van der Waals surface area contributed by atoms with E-state index in [1.807, 2.05) is 36.4 Å². The van der Waals surface area contributed by atoms with Gasteiger partial charge in [0, 0.05) is 11.3 Å². The number of carboxylic acid groups (broad SMARTS) is 1. The van der Waals surface area contributed by atoms with Crippen molar-refractivity contribution in [1.29, 1.82) is 0 Å². The van der Waals surface area contributed by atoms with E-state index in [4.69, 9.17) is 4.74 Å². The Balaban J connectivity index is 1.99. The third-order valence-corrected chi connectivity index (χ3v) is 4.09. The monoisotopic (exact) mass is 290 g/mol. The third kappa shape index (κ3) is 3.84. The largest absolute Gasteiger partial charge is 0.491 e. The first kappa shape index (κ1) is 14.6. The Hall–Kier alpha value is -1.81. The Bertz CT molecular complexity index is 560. The van der Waals surface area contributed by atoms with Gasteiger partial charge in [-0.15, -0.1) is 11.3 Å². The summed E-state index contributed by atoms with van der Waals surface area (Å²) in [6.07, 6.45) is 2.68. The molecule has 0 aliphatic heterocycles. The molecule has 0 aliphatic rings. The first-order valence-electron chi connectivity index (χ1n) is 6.73. The minimum atomic E-state index is -0.910. The topological polar surface area (TPSA) is 46.5 Å². The van der Waals surface area contributed by atoms with Crippen LogP contribution in [-0.2, 0) is 12.8 Å². The van der Waals surface area contributed by atoms with Gasteiger partial charge in [0.1, 0.15) is 5.75 Å². The number of thiophene rings is 1. The number of ether oxygens (including phenoxy) is 1. The molecule has 1 heterocycles. The fraction of sp³-hybridized carbons (Fsp3) is 0.312. The Morgan fingerprint density at radius 1 is 1.25 bits per heavy atom. The van der Waals surface area contributed by atoms with Gasteiger partial charge in [0.2, 0.25) is 0 Å². The molecular weight excluding hydrogens is 272 g/mol. The molecule has 0 amide bonds. The Morgan fingerprint density at radius 3 is 2.65 bits per heavy atom. The van der Waals surface area contributed by atoms with Crippen molar-refractivity contribution in [2.45, 2.75) is 26.2 Å². The van der Waals surface area contributed by atoms with Gasteiger partial charge in [-0.05, 0) is 18.1 Å². The summed E-state index contributed by atoms with van der Waals surface area (Å²) >= 11 is 1.31. The average Bonchev–Trinajstić information content (AvgIpc) is 2.84. The molecule has 1 aromatic heterocycles. The highest BCUT2D eigenvalue weighted by atomic mass is 32.1. The summed E-state index contributed by atoms with van der Waals surface area (Å²) in [5.41, 5.74) is 1.19. The molecule has 1 N–H and O–H groups in total. The Morgan fingerprint density at radius 2 is 2.00 bits per heavy atom. The maximum Gasteiger partial charge on any atom is 0.349 e. The second-order valence-electron chi connectivity index (χ2n) is 4.55. The molecule has 0 saturated heterocycles. The van der Waals surface area contributed by atoms with E-state index in [1.54, 1.807) is 0 Å². The standard InChI is InChI=1S/C16H18O3S/c1-2-6-13-11-14(15(20-13)16(17)18)19-10-9-12-7-4-3-5-8-12/h3-5,7-8,11H,2,6,9-10H2,1H3,(H,17,18). The molecular formula is C16H18O3S. The van der Waals surface area contributed by atoms with Crippen LogP contribution in [0.4, 0.5) is 0 Å². The minimum absolute atomic E-state index is 0.307. The number of aryl methyl sites for hydroxylation is 1. The number of hydrogen-bond donors (Lipinski definition) is 1. The van der Waals surface area contributed by atoms with Crippen LogP contribution in [0.1, 0.15) is 33.5 Å². The molecule has 0 saturated carbocycles. The first-order valence-corrected chi connectivity index (χ1v) is 7.55. The van der Waals surface area contributed by atoms with E-state index in [2.05, 4.69) is 6.92 Å². The predicted octanol–water partition coefficient (Wildman–Crippen LogP) is 4.02. The Kier molecular flexibility index (Phi) is 5.18. The van der Waals surface area contributed by atoms with Crippen LogP contribution in [0.2, 0.25) is 0 Å². The molecule has 4 heteroatoms. The molecule has 3 nitrogen and oxygen atoms in total. The molecule has 0 fully saturated rings. The second-order valence-corrected chi connectivity index (χ2v) is 5.68. The number of carboxylic acids is 1. The van der Waals surface area contributed by atoms with Crippen molar-refractivity contribution >= 4 is 17.3 Å². The number of rotatable bonds is 7. The summed E-state index contributed by atoms with van der Waals surface area (Å²) in [4.78, 5) is 12.6. The summed E-state index contributed by atoms with van der Waals surface area (Å²) in [7, 11) is 0. The quantitative estimate of drug-likeness (QED) is 0.837. The van der Waals surface area contributed by atoms with Crippen molar-refractivity contribution in [2.75, 3.05) is 6.61 Å². The van der Waals surface area contributed by atoms with Crippen molar-refractivity contribution in [3.8, 4) is 5.75 Å². The van der Waals surface area contributed by atoms with Gasteiger partial charge in [-0.3, -0.25) is 0 Å². The molecule has 2 rings (SSSR count). The molecule has 106 valence electrons. The van der Waals surface area contributed by atoms with Crippen LogP contribution in [0.3, 0.4) is 0 Å². The average molecular weight is 290 g/mol. The van der Waals surface area contributed by atoms with Gasteiger partial charge in [-0.1, -0.05) is 43.7 Å². The minimum Gasteiger partial charge on any atom is -0.491 e. The van der Waals surface area contributed by atoms with E-state index in [-0.39, 0.29) is 0 Å². The lowest BCUT2D eigenvalue weighted by Gasteiger charge is -2.05. The number of aromatic carboxylic acids is 1. The van der Waals surface area contributed by atoms with Gasteiger partial charge in [0.15, 0.2) is 4.88 Å². The van der Waals surface area contributed by atoms with Crippen LogP contribution in [-0.4, -0.2) is 17.7 Å². The summed E-state index contributed by atoms with van der Waals surface area (Å²) < 4.78 is 5.66. The van der Waals surface area contributed by atoms with E-state index >= 15 is 0 Å². The highest BCUT2D eigenvalue weighted by Gasteiger charge is 2.16. The second kappa shape index (κ2) is 7.10. The van der Waals surface area contributed by atoms with E-state index in [9.17, 15) is 9.90 Å². The summed E-state index contributed by atoms with van der Waals surface area (Å²) in [6.45, 7) is 2.57. The van der Waals surface area contributed by atoms with Crippen LogP contribution in [0, 0.1) is 0 Å². The third-order valence-electron chi connectivity index (χ3n) is 2.93. The maximum absolute atomic E-state index is 11.2. The molecule has 0 spiro atoms. The SMILES string of the molecule is CCCc1cc(OCCc2ccccc2)c(C(=O)O)s1. The smallest absolute Gasteiger partial charge is 0.349 e. The predicted molar refractivity (Wildman–Crippen MR) is 80.9 cm³/mol.